The highest BCUT2D eigenvalue weighted by Gasteiger charge is 2.49. The number of fused-ring (bicyclic) bond motifs is 18. The van der Waals surface area contributed by atoms with Crippen molar-refractivity contribution >= 4 is 54.0 Å². The van der Waals surface area contributed by atoms with E-state index in [9.17, 15) is 0 Å². The molecule has 4 aliphatic rings. The Kier molecular flexibility index (Phi) is 7.23. The number of aromatic nitrogens is 1. The van der Waals surface area contributed by atoms with Gasteiger partial charge >= 0.3 is 0 Å². The van der Waals surface area contributed by atoms with Gasteiger partial charge in [-0.05, 0) is 165 Å². The minimum Gasteiger partial charge on any atom is -0.256 e. The van der Waals surface area contributed by atoms with Gasteiger partial charge in [0.05, 0.1) is 5.52 Å². The first-order valence-electron chi connectivity index (χ1n) is 24.3. The number of para-hydroxylation sites is 1. The van der Waals surface area contributed by atoms with Crippen molar-refractivity contribution < 1.29 is 0 Å². The number of rotatable bonds is 2. The first-order chi connectivity index (χ1) is 33.6. The van der Waals surface area contributed by atoms with Crippen molar-refractivity contribution in [1.29, 1.82) is 0 Å². The number of nitrogens with zero attached hydrogens (tertiary/aromatic N) is 1. The molecule has 316 valence electrons. The summed E-state index contributed by atoms with van der Waals surface area (Å²) in [5.41, 5.74) is 23.0. The second-order valence-corrected chi connectivity index (χ2v) is 20.3. The van der Waals surface area contributed by atoms with E-state index in [1.807, 2.05) is 0 Å². The summed E-state index contributed by atoms with van der Waals surface area (Å²) in [4.78, 5) is 5.26. The maximum atomic E-state index is 5.26. The predicted molar refractivity (Wildman–Crippen MR) is 283 cm³/mol. The highest BCUT2D eigenvalue weighted by molar-refractivity contribution is 6.27. The summed E-state index contributed by atoms with van der Waals surface area (Å²) < 4.78 is 0. The van der Waals surface area contributed by atoms with Gasteiger partial charge in [-0.3, -0.25) is 4.98 Å². The predicted octanol–water partition coefficient (Wildman–Crippen LogP) is 16.3. The molecule has 4 aliphatic carbocycles. The maximum Gasteiger partial charge on any atom is 0.0708 e. The Hall–Kier alpha value is -8.13. The fourth-order valence-corrected chi connectivity index (χ4v) is 14.1. The van der Waals surface area contributed by atoms with Crippen LogP contribution < -0.4 is 0 Å². The number of benzene rings is 11. The molecule has 1 heteroatoms. The summed E-state index contributed by atoms with van der Waals surface area (Å²) in [5, 5.41) is 11.5. The fraction of sp³-hybridized carbons (Fsp3) is 0.0896. The zero-order valence-corrected chi connectivity index (χ0v) is 37.5. The van der Waals surface area contributed by atoms with Gasteiger partial charge in [-0.15, -0.1) is 0 Å². The van der Waals surface area contributed by atoms with Crippen LogP contribution in [0.4, 0.5) is 0 Å². The zero-order chi connectivity index (χ0) is 44.3. The van der Waals surface area contributed by atoms with Crippen molar-refractivity contribution in [2.24, 2.45) is 0 Å². The lowest BCUT2D eigenvalue weighted by atomic mass is 9.74. The highest BCUT2D eigenvalue weighted by Crippen LogP contribution is 2.59. The normalized spacial score (nSPS) is 15.4. The largest absolute Gasteiger partial charge is 0.256 e. The van der Waals surface area contributed by atoms with E-state index in [1.54, 1.807) is 0 Å². The first-order valence-corrected chi connectivity index (χ1v) is 24.3. The van der Waals surface area contributed by atoms with Crippen molar-refractivity contribution in [3.8, 4) is 44.5 Å². The van der Waals surface area contributed by atoms with Crippen molar-refractivity contribution in [2.45, 2.75) is 36.5 Å². The van der Waals surface area contributed by atoms with Gasteiger partial charge in [-0.25, -0.2) is 0 Å². The molecule has 0 amide bonds. The van der Waals surface area contributed by atoms with Gasteiger partial charge in [0.15, 0.2) is 0 Å². The van der Waals surface area contributed by atoms with Crippen LogP contribution in [-0.2, 0) is 36.5 Å². The molecule has 1 nitrogen and oxygen atoms in total. The molecule has 0 saturated heterocycles. The summed E-state index contributed by atoms with van der Waals surface area (Å²) in [6.07, 6.45) is 6.18. The lowest BCUT2D eigenvalue weighted by Crippen LogP contribution is -2.25. The zero-order valence-electron chi connectivity index (χ0n) is 37.5. The van der Waals surface area contributed by atoms with Crippen LogP contribution in [0.25, 0.3) is 98.5 Å². The summed E-state index contributed by atoms with van der Waals surface area (Å²) in [5.74, 6) is 0. The van der Waals surface area contributed by atoms with Crippen LogP contribution in [0.15, 0.2) is 212 Å². The standard InChI is InChI=1S/C67H43N/c1-2-14-41-30-47-36-66(35-46(47)29-40(41)13-1)58-22-10-7-17-50(58)52-27-25-44(33-60(52)66)63-54-19-5-6-20-55(54)64(65-56-21-9-12-24-62(56)68-39-57(63)65)45-26-28-53-51-18-8-11-23-59(51)67(61(53)34-45)37-48-31-42-15-3-4-16-43(42)32-49(48)38-67/h1-34,39H,35-38H2. The van der Waals surface area contributed by atoms with E-state index in [-0.39, 0.29) is 10.8 Å². The Morgan fingerprint density at radius 2 is 0.706 bits per heavy atom. The van der Waals surface area contributed by atoms with E-state index in [1.165, 1.54) is 137 Å². The van der Waals surface area contributed by atoms with Crippen LogP contribution in [0.3, 0.4) is 0 Å². The molecule has 1 heterocycles. The lowest BCUT2D eigenvalue weighted by molar-refractivity contribution is 0.564. The Morgan fingerprint density at radius 3 is 1.22 bits per heavy atom. The molecule has 0 bridgehead atoms. The molecule has 0 N–H and O–H groups in total. The molecular formula is C67H43N. The van der Waals surface area contributed by atoms with E-state index in [0.29, 0.717) is 0 Å². The Balaban J connectivity index is 0.930. The highest BCUT2D eigenvalue weighted by atomic mass is 14.7. The van der Waals surface area contributed by atoms with Crippen LogP contribution in [0.2, 0.25) is 0 Å². The summed E-state index contributed by atoms with van der Waals surface area (Å²) in [6, 6.07) is 78.9. The molecule has 0 radical (unpaired) electrons. The van der Waals surface area contributed by atoms with E-state index in [2.05, 4.69) is 212 Å². The SMILES string of the molecule is c1ccc2c(c1)-c1ccc(-c3c4ccccc4c(-c4ccc5c(c4)C4(Cc6cc7ccccc7cc6C4)c4ccccc4-5)c4c3cnc3ccccc34)cc1C21Cc2cc3ccccc3cc2C1. The van der Waals surface area contributed by atoms with Gasteiger partial charge in [0.25, 0.3) is 0 Å². The smallest absolute Gasteiger partial charge is 0.0708 e. The van der Waals surface area contributed by atoms with Gasteiger partial charge in [-0.2, -0.15) is 0 Å². The fourth-order valence-electron chi connectivity index (χ4n) is 14.1. The third-order valence-electron chi connectivity index (χ3n) is 17.0. The van der Waals surface area contributed by atoms with Gasteiger partial charge in [-0.1, -0.05) is 188 Å². The second-order valence-electron chi connectivity index (χ2n) is 20.3. The van der Waals surface area contributed by atoms with E-state index in [4.69, 9.17) is 4.98 Å². The lowest BCUT2D eigenvalue weighted by Gasteiger charge is -2.28. The van der Waals surface area contributed by atoms with Crippen LogP contribution >= 0.6 is 0 Å². The molecule has 0 unspecified atom stereocenters. The van der Waals surface area contributed by atoms with Crippen LogP contribution in [0.5, 0.6) is 0 Å². The van der Waals surface area contributed by atoms with Crippen LogP contribution in [-0.4, -0.2) is 4.98 Å². The molecule has 1 aromatic heterocycles. The number of hydrogen-bond acceptors (Lipinski definition) is 1. The Morgan fingerprint density at radius 1 is 0.309 bits per heavy atom. The monoisotopic (exact) mass is 861 g/mol. The third-order valence-corrected chi connectivity index (χ3v) is 17.0. The molecule has 11 aromatic carbocycles. The average molecular weight is 862 g/mol. The second kappa shape index (κ2) is 13.3. The van der Waals surface area contributed by atoms with E-state index < -0.39 is 0 Å². The van der Waals surface area contributed by atoms with Crippen LogP contribution in [0, 0.1) is 0 Å². The van der Waals surface area contributed by atoms with E-state index >= 15 is 0 Å². The Bertz CT molecular complexity index is 4140. The first kappa shape index (κ1) is 37.0. The van der Waals surface area contributed by atoms with Gasteiger partial charge in [0.1, 0.15) is 0 Å². The quantitative estimate of drug-likeness (QED) is 0.125. The minimum absolute atomic E-state index is 0.136. The average Bonchev–Trinajstić information content (AvgIpc) is 4.11. The topological polar surface area (TPSA) is 12.9 Å². The van der Waals surface area contributed by atoms with Crippen molar-refractivity contribution in [3.63, 3.8) is 0 Å². The van der Waals surface area contributed by atoms with Crippen molar-refractivity contribution in [1.82, 2.24) is 4.98 Å². The van der Waals surface area contributed by atoms with Gasteiger partial charge in [0, 0.05) is 33.2 Å². The molecule has 0 aliphatic heterocycles. The molecule has 0 fully saturated rings. The van der Waals surface area contributed by atoms with Crippen molar-refractivity contribution in [2.75, 3.05) is 0 Å². The minimum atomic E-state index is -0.138. The number of hydrogen-bond donors (Lipinski definition) is 0. The Labute approximate surface area is 395 Å². The molecular weight excluding hydrogens is 819 g/mol. The third kappa shape index (κ3) is 4.83. The maximum absolute atomic E-state index is 5.26. The molecule has 0 saturated carbocycles. The van der Waals surface area contributed by atoms with Gasteiger partial charge in [0.2, 0.25) is 0 Å². The summed E-state index contributed by atoms with van der Waals surface area (Å²) in [7, 11) is 0. The summed E-state index contributed by atoms with van der Waals surface area (Å²) in [6.45, 7) is 0. The number of pyridine rings is 1. The van der Waals surface area contributed by atoms with Crippen molar-refractivity contribution in [3.05, 3.63) is 257 Å². The van der Waals surface area contributed by atoms with Gasteiger partial charge < -0.3 is 0 Å². The van der Waals surface area contributed by atoms with Crippen LogP contribution in [0.1, 0.15) is 44.5 Å². The molecule has 12 aromatic rings. The molecule has 68 heavy (non-hydrogen) atoms. The molecule has 16 rings (SSSR count). The molecule has 0 atom stereocenters. The van der Waals surface area contributed by atoms with E-state index in [0.717, 1.165) is 31.2 Å². The summed E-state index contributed by atoms with van der Waals surface area (Å²) >= 11 is 0. The molecule has 2 spiro atoms.